The summed E-state index contributed by atoms with van der Waals surface area (Å²) in [5, 5.41) is 7.56. The fourth-order valence-corrected chi connectivity index (χ4v) is 3.49. The Morgan fingerprint density at radius 1 is 1.27 bits per heavy atom. The molecule has 2 aromatic rings. The second-order valence-electron chi connectivity index (χ2n) is 7.46. The van der Waals surface area contributed by atoms with Crippen LogP contribution in [0, 0.1) is 0 Å². The Kier molecular flexibility index (Phi) is 4.89. The summed E-state index contributed by atoms with van der Waals surface area (Å²) in [5.74, 6) is -0.0280. The molecule has 1 saturated carbocycles. The number of benzene rings is 1. The van der Waals surface area contributed by atoms with Gasteiger partial charge in [-0.2, -0.15) is 5.10 Å². The number of hydrogen-bond donors (Lipinski definition) is 1. The van der Waals surface area contributed by atoms with Crippen LogP contribution < -0.4 is 5.32 Å². The largest absolute Gasteiger partial charge is 0.348 e. The second-order valence-corrected chi connectivity index (χ2v) is 7.46. The predicted molar refractivity (Wildman–Crippen MR) is 103 cm³/mol. The van der Waals surface area contributed by atoms with Crippen LogP contribution in [0.15, 0.2) is 42.0 Å². The van der Waals surface area contributed by atoms with E-state index in [0.29, 0.717) is 11.7 Å². The van der Waals surface area contributed by atoms with Gasteiger partial charge >= 0.3 is 0 Å². The standard InChI is InChI=1S/C21H26N4O/c1-16(12-17-6-3-2-4-7-17)14-24-10-5-11-25-19(15-24)13-20(23-25)21(26)22-18-8-9-18/h2-4,6-7,12-13,18H,5,8-11,14-15H2,1H3,(H,22,26)/b16-12+. The third-order valence-electron chi connectivity index (χ3n) is 4.92. The van der Waals surface area contributed by atoms with Crippen LogP contribution in [0.3, 0.4) is 0 Å². The number of hydrogen-bond acceptors (Lipinski definition) is 3. The van der Waals surface area contributed by atoms with Crippen molar-refractivity contribution in [1.29, 1.82) is 0 Å². The number of nitrogens with one attached hydrogen (secondary N) is 1. The molecule has 0 radical (unpaired) electrons. The zero-order valence-electron chi connectivity index (χ0n) is 15.3. The molecule has 1 aromatic heterocycles. The minimum Gasteiger partial charge on any atom is -0.348 e. The summed E-state index contributed by atoms with van der Waals surface area (Å²) in [7, 11) is 0. The Bertz CT molecular complexity index is 805. The molecule has 1 aliphatic carbocycles. The zero-order valence-corrected chi connectivity index (χ0v) is 15.3. The van der Waals surface area contributed by atoms with Crippen molar-refractivity contribution >= 4 is 12.0 Å². The van der Waals surface area contributed by atoms with E-state index in [9.17, 15) is 4.79 Å². The molecule has 2 aliphatic rings. The summed E-state index contributed by atoms with van der Waals surface area (Å²) < 4.78 is 2.01. The highest BCUT2D eigenvalue weighted by atomic mass is 16.2. The van der Waals surface area contributed by atoms with Crippen molar-refractivity contribution < 1.29 is 4.79 Å². The van der Waals surface area contributed by atoms with Crippen LogP contribution in [0.5, 0.6) is 0 Å². The lowest BCUT2D eigenvalue weighted by atomic mass is 10.1. The quantitative estimate of drug-likeness (QED) is 0.901. The van der Waals surface area contributed by atoms with Gasteiger partial charge in [-0.05, 0) is 37.8 Å². The van der Waals surface area contributed by atoms with Crippen molar-refractivity contribution in [1.82, 2.24) is 20.0 Å². The second kappa shape index (κ2) is 7.46. The molecule has 1 aliphatic heterocycles. The molecule has 1 amide bonds. The molecule has 0 spiro atoms. The molecule has 1 aromatic carbocycles. The van der Waals surface area contributed by atoms with Crippen molar-refractivity contribution in [2.24, 2.45) is 0 Å². The lowest BCUT2D eigenvalue weighted by Crippen LogP contribution is -2.26. The Morgan fingerprint density at radius 2 is 2.08 bits per heavy atom. The summed E-state index contributed by atoms with van der Waals surface area (Å²) in [4.78, 5) is 14.7. The van der Waals surface area contributed by atoms with E-state index < -0.39 is 0 Å². The molecule has 4 rings (SSSR count). The summed E-state index contributed by atoms with van der Waals surface area (Å²) in [6.45, 7) is 5.88. The minimum absolute atomic E-state index is 0.0280. The van der Waals surface area contributed by atoms with E-state index in [1.54, 1.807) is 0 Å². The molecule has 0 saturated heterocycles. The Labute approximate surface area is 154 Å². The van der Waals surface area contributed by atoms with Gasteiger partial charge < -0.3 is 5.32 Å². The zero-order chi connectivity index (χ0) is 17.9. The van der Waals surface area contributed by atoms with E-state index in [-0.39, 0.29) is 5.91 Å². The van der Waals surface area contributed by atoms with E-state index in [2.05, 4.69) is 52.6 Å². The lowest BCUT2D eigenvalue weighted by Gasteiger charge is -2.19. The average Bonchev–Trinajstić information content (AvgIpc) is 3.38. The fraction of sp³-hybridized carbons (Fsp3) is 0.429. The summed E-state index contributed by atoms with van der Waals surface area (Å²) in [5.41, 5.74) is 4.28. The van der Waals surface area contributed by atoms with Crippen molar-refractivity contribution in [3.8, 4) is 0 Å². The van der Waals surface area contributed by atoms with Gasteiger partial charge in [0.25, 0.3) is 5.91 Å². The maximum Gasteiger partial charge on any atom is 0.272 e. The molecule has 1 fully saturated rings. The summed E-state index contributed by atoms with van der Waals surface area (Å²) >= 11 is 0. The number of carbonyl (C=O) groups is 1. The Morgan fingerprint density at radius 3 is 2.85 bits per heavy atom. The van der Waals surface area contributed by atoms with Gasteiger partial charge in [0, 0.05) is 32.2 Å². The van der Waals surface area contributed by atoms with Gasteiger partial charge in [0.05, 0.1) is 5.69 Å². The molecule has 0 atom stereocenters. The molecule has 0 bridgehead atoms. The van der Waals surface area contributed by atoms with Gasteiger partial charge in [-0.1, -0.05) is 42.0 Å². The third-order valence-corrected chi connectivity index (χ3v) is 4.92. The summed E-state index contributed by atoms with van der Waals surface area (Å²) in [6.07, 6.45) is 5.49. The van der Waals surface area contributed by atoms with Crippen molar-refractivity contribution in [3.05, 3.63) is 58.9 Å². The van der Waals surface area contributed by atoms with E-state index in [4.69, 9.17) is 0 Å². The highest BCUT2D eigenvalue weighted by Gasteiger charge is 2.26. The Hall–Kier alpha value is -2.40. The number of nitrogens with zero attached hydrogens (tertiary/aromatic N) is 3. The predicted octanol–water partition coefficient (Wildman–Crippen LogP) is 3.08. The van der Waals surface area contributed by atoms with Crippen molar-refractivity contribution in [3.63, 3.8) is 0 Å². The van der Waals surface area contributed by atoms with Crippen LogP contribution in [0.25, 0.3) is 6.08 Å². The van der Waals surface area contributed by atoms with E-state index in [1.807, 2.05) is 16.8 Å². The van der Waals surface area contributed by atoms with Gasteiger partial charge in [0.1, 0.15) is 5.69 Å². The van der Waals surface area contributed by atoms with Crippen LogP contribution in [0.4, 0.5) is 0 Å². The first-order valence-electron chi connectivity index (χ1n) is 9.49. The monoisotopic (exact) mass is 350 g/mol. The van der Waals surface area contributed by atoms with E-state index in [0.717, 1.165) is 51.1 Å². The van der Waals surface area contributed by atoms with Crippen LogP contribution in [0.1, 0.15) is 47.9 Å². The fourth-order valence-electron chi connectivity index (χ4n) is 3.49. The van der Waals surface area contributed by atoms with Crippen molar-refractivity contribution in [2.45, 2.75) is 45.3 Å². The highest BCUT2D eigenvalue weighted by molar-refractivity contribution is 5.92. The normalized spacial score (nSPS) is 18.3. The molecular weight excluding hydrogens is 324 g/mol. The van der Waals surface area contributed by atoms with Gasteiger partial charge in [-0.15, -0.1) is 0 Å². The van der Waals surface area contributed by atoms with Crippen LogP contribution in [0.2, 0.25) is 0 Å². The molecule has 1 N–H and O–H groups in total. The number of aromatic nitrogens is 2. The number of amides is 1. The molecule has 26 heavy (non-hydrogen) atoms. The molecule has 2 heterocycles. The number of aryl methyl sites for hydroxylation is 1. The van der Waals surface area contributed by atoms with Gasteiger partial charge in [-0.25, -0.2) is 0 Å². The topological polar surface area (TPSA) is 50.2 Å². The van der Waals surface area contributed by atoms with Crippen LogP contribution in [-0.2, 0) is 13.1 Å². The highest BCUT2D eigenvalue weighted by Crippen LogP contribution is 2.20. The van der Waals surface area contributed by atoms with Crippen LogP contribution >= 0.6 is 0 Å². The summed E-state index contributed by atoms with van der Waals surface area (Å²) in [6, 6.07) is 12.8. The molecule has 136 valence electrons. The average molecular weight is 350 g/mol. The third kappa shape index (κ3) is 4.22. The Balaban J connectivity index is 1.43. The molecule has 5 nitrogen and oxygen atoms in total. The van der Waals surface area contributed by atoms with E-state index in [1.165, 1.54) is 11.1 Å². The maximum atomic E-state index is 12.3. The minimum atomic E-state index is -0.0280. The number of carbonyl (C=O) groups excluding carboxylic acids is 1. The molecule has 5 heteroatoms. The number of fused-ring (bicyclic) bond motifs is 1. The first-order chi connectivity index (χ1) is 12.7. The van der Waals surface area contributed by atoms with Gasteiger partial charge in [0.15, 0.2) is 0 Å². The number of rotatable bonds is 5. The molecule has 0 unspecified atom stereocenters. The SMILES string of the molecule is C/C(=C\c1ccccc1)CN1CCCn2nc(C(=O)NC3CC3)cc2C1. The van der Waals surface area contributed by atoms with Crippen LogP contribution in [-0.4, -0.2) is 39.7 Å². The van der Waals surface area contributed by atoms with Gasteiger partial charge in [0.2, 0.25) is 0 Å². The first-order valence-corrected chi connectivity index (χ1v) is 9.49. The smallest absolute Gasteiger partial charge is 0.272 e. The first kappa shape index (κ1) is 17.0. The van der Waals surface area contributed by atoms with Gasteiger partial charge in [-0.3, -0.25) is 14.4 Å². The maximum absolute atomic E-state index is 12.3. The lowest BCUT2D eigenvalue weighted by molar-refractivity contribution is 0.0945. The van der Waals surface area contributed by atoms with Crippen molar-refractivity contribution in [2.75, 3.05) is 13.1 Å². The van der Waals surface area contributed by atoms with E-state index >= 15 is 0 Å². The molecular formula is C21H26N4O.